The second-order valence-electron chi connectivity index (χ2n) is 5.65. The zero-order chi connectivity index (χ0) is 18.7. The third-order valence-electron chi connectivity index (χ3n) is 3.46. The van der Waals surface area contributed by atoms with Gasteiger partial charge >= 0.3 is 6.03 Å². The smallest absolute Gasteiger partial charge is 0.321 e. The molecule has 0 bridgehead atoms. The Balaban J connectivity index is 2.45. The highest BCUT2D eigenvalue weighted by atomic mass is 35.5. The van der Waals surface area contributed by atoms with Gasteiger partial charge in [-0.15, -0.1) is 0 Å². The Kier molecular flexibility index (Phi) is 6.07. The highest BCUT2D eigenvalue weighted by molar-refractivity contribution is 8.00. The van der Waals surface area contributed by atoms with E-state index in [2.05, 4.69) is 15.6 Å². The van der Waals surface area contributed by atoms with Crippen LogP contribution in [-0.4, -0.2) is 33.8 Å². The average Bonchev–Trinajstić information content (AvgIpc) is 2.53. The van der Waals surface area contributed by atoms with Crippen molar-refractivity contribution in [3.63, 3.8) is 0 Å². The molecule has 1 aromatic heterocycles. The maximum absolute atomic E-state index is 12.8. The second kappa shape index (κ2) is 7.88. The molecule has 0 aliphatic heterocycles. The van der Waals surface area contributed by atoms with Crippen molar-refractivity contribution in [2.45, 2.75) is 37.2 Å². The van der Waals surface area contributed by atoms with Gasteiger partial charge in [-0.25, -0.2) is 9.78 Å². The minimum Gasteiger partial charge on any atom is -0.341 e. The Labute approximate surface area is 154 Å². The first-order valence-corrected chi connectivity index (χ1v) is 8.91. The lowest BCUT2D eigenvalue weighted by molar-refractivity contribution is -0.119. The van der Waals surface area contributed by atoms with Crippen LogP contribution in [0.2, 0.25) is 5.02 Å². The number of nitrogens with one attached hydrogen (secondary N) is 2. The van der Waals surface area contributed by atoms with Gasteiger partial charge in [0.2, 0.25) is 5.91 Å². The van der Waals surface area contributed by atoms with Gasteiger partial charge in [-0.1, -0.05) is 23.4 Å². The molecule has 134 valence electrons. The van der Waals surface area contributed by atoms with Crippen LogP contribution < -0.4 is 16.2 Å². The van der Waals surface area contributed by atoms with E-state index in [0.29, 0.717) is 21.1 Å². The minimum absolute atomic E-state index is 0.142. The second-order valence-corrected chi connectivity index (χ2v) is 7.40. The van der Waals surface area contributed by atoms with Gasteiger partial charge in [-0.05, 0) is 39.0 Å². The van der Waals surface area contributed by atoms with Gasteiger partial charge in [-0.2, -0.15) is 0 Å². The molecule has 0 unspecified atom stereocenters. The lowest BCUT2D eigenvalue weighted by Crippen LogP contribution is -2.41. The lowest BCUT2D eigenvalue weighted by atomic mass is 10.2. The third kappa shape index (κ3) is 4.32. The molecule has 1 heterocycles. The van der Waals surface area contributed by atoms with E-state index >= 15 is 0 Å². The molecular weight excluding hydrogens is 364 g/mol. The molecular formula is C16H19ClN4O3S. The predicted molar refractivity (Wildman–Crippen MR) is 99.3 cm³/mol. The Hall–Kier alpha value is -2.06. The van der Waals surface area contributed by atoms with E-state index in [1.807, 2.05) is 13.8 Å². The van der Waals surface area contributed by atoms with Gasteiger partial charge in [0, 0.05) is 18.1 Å². The van der Waals surface area contributed by atoms with Crippen molar-refractivity contribution in [3.8, 4) is 0 Å². The maximum atomic E-state index is 12.8. The number of aromatic nitrogens is 2. The van der Waals surface area contributed by atoms with E-state index in [4.69, 9.17) is 11.6 Å². The summed E-state index contributed by atoms with van der Waals surface area (Å²) in [6.45, 7) is 5.37. The van der Waals surface area contributed by atoms with Gasteiger partial charge in [0.1, 0.15) is 0 Å². The van der Waals surface area contributed by atoms with Gasteiger partial charge in [0.25, 0.3) is 5.56 Å². The van der Waals surface area contributed by atoms with Crippen molar-refractivity contribution < 1.29 is 9.59 Å². The average molecular weight is 383 g/mol. The van der Waals surface area contributed by atoms with Crippen molar-refractivity contribution in [2.24, 2.45) is 0 Å². The van der Waals surface area contributed by atoms with Crippen LogP contribution in [-0.2, 0) is 4.79 Å². The van der Waals surface area contributed by atoms with Crippen LogP contribution in [0, 0.1) is 0 Å². The van der Waals surface area contributed by atoms with E-state index in [1.165, 1.54) is 11.6 Å². The summed E-state index contributed by atoms with van der Waals surface area (Å²) in [6, 6.07) is 4.17. The summed E-state index contributed by atoms with van der Waals surface area (Å²) in [6.07, 6.45) is 0. The summed E-state index contributed by atoms with van der Waals surface area (Å²) in [5.41, 5.74) is 0.272. The number of amides is 3. The summed E-state index contributed by atoms with van der Waals surface area (Å²) in [5, 5.41) is 5.25. The first-order chi connectivity index (χ1) is 11.7. The number of rotatable bonds is 4. The number of imide groups is 1. The quantitative estimate of drug-likeness (QED) is 0.626. The zero-order valence-corrected chi connectivity index (χ0v) is 15.9. The van der Waals surface area contributed by atoms with Crippen molar-refractivity contribution in [1.82, 2.24) is 20.2 Å². The molecule has 9 heteroatoms. The Morgan fingerprint density at radius 1 is 1.28 bits per heavy atom. The lowest BCUT2D eigenvalue weighted by Gasteiger charge is -2.18. The van der Waals surface area contributed by atoms with Crippen LogP contribution >= 0.6 is 23.4 Å². The number of hydrogen-bond donors (Lipinski definition) is 2. The highest BCUT2D eigenvalue weighted by Crippen LogP contribution is 2.25. The molecule has 0 fully saturated rings. The number of carbonyl (C=O) groups is 2. The van der Waals surface area contributed by atoms with Crippen LogP contribution in [0.1, 0.15) is 26.8 Å². The Bertz CT molecular complexity index is 882. The molecule has 0 spiro atoms. The fourth-order valence-electron chi connectivity index (χ4n) is 2.18. The molecule has 0 aliphatic rings. The van der Waals surface area contributed by atoms with E-state index in [0.717, 1.165) is 11.8 Å². The molecule has 2 aromatic rings. The number of benzene rings is 1. The molecule has 2 N–H and O–H groups in total. The van der Waals surface area contributed by atoms with Crippen molar-refractivity contribution in [3.05, 3.63) is 33.6 Å². The molecule has 25 heavy (non-hydrogen) atoms. The number of urea groups is 1. The topological polar surface area (TPSA) is 93.1 Å². The first kappa shape index (κ1) is 19.3. The van der Waals surface area contributed by atoms with Crippen LogP contribution in [0.5, 0.6) is 0 Å². The summed E-state index contributed by atoms with van der Waals surface area (Å²) in [4.78, 5) is 40.6. The fourth-order valence-corrected chi connectivity index (χ4v) is 3.38. The standard InChI is InChI=1S/C16H19ClN4O3S/c1-8(2)21-14(23)11-6-5-10(17)7-12(11)19-16(21)25-9(3)13(22)20-15(24)18-4/h5-9H,1-4H3,(H2,18,20,22,24)/t9-/m0/s1. The zero-order valence-electron chi connectivity index (χ0n) is 14.3. The van der Waals surface area contributed by atoms with Gasteiger partial charge in [0.05, 0.1) is 16.2 Å². The summed E-state index contributed by atoms with van der Waals surface area (Å²) in [5.74, 6) is -0.472. The molecule has 7 nitrogen and oxygen atoms in total. The molecule has 1 aromatic carbocycles. The Morgan fingerprint density at radius 3 is 2.56 bits per heavy atom. The van der Waals surface area contributed by atoms with Gasteiger partial charge in [0.15, 0.2) is 5.16 Å². The van der Waals surface area contributed by atoms with E-state index in [1.54, 1.807) is 25.1 Å². The van der Waals surface area contributed by atoms with Gasteiger partial charge in [-0.3, -0.25) is 19.5 Å². The first-order valence-electron chi connectivity index (χ1n) is 7.65. The Morgan fingerprint density at radius 2 is 1.96 bits per heavy atom. The van der Waals surface area contributed by atoms with Crippen LogP contribution in [0.4, 0.5) is 4.79 Å². The maximum Gasteiger partial charge on any atom is 0.321 e. The number of thioether (sulfide) groups is 1. The number of carbonyl (C=O) groups excluding carboxylic acids is 2. The number of hydrogen-bond acceptors (Lipinski definition) is 5. The predicted octanol–water partition coefficient (Wildman–Crippen LogP) is 2.57. The van der Waals surface area contributed by atoms with E-state index in [-0.39, 0.29) is 11.6 Å². The number of halogens is 1. The highest BCUT2D eigenvalue weighted by Gasteiger charge is 2.21. The molecule has 0 saturated heterocycles. The van der Waals surface area contributed by atoms with Crippen molar-refractivity contribution in [1.29, 1.82) is 0 Å². The normalized spacial score (nSPS) is 12.2. The molecule has 0 radical (unpaired) electrons. The van der Waals surface area contributed by atoms with E-state index < -0.39 is 17.2 Å². The summed E-state index contributed by atoms with van der Waals surface area (Å²) < 4.78 is 1.53. The molecule has 0 aliphatic carbocycles. The minimum atomic E-state index is -0.620. The van der Waals surface area contributed by atoms with Crippen molar-refractivity contribution >= 4 is 46.2 Å². The fraction of sp³-hybridized carbons (Fsp3) is 0.375. The van der Waals surface area contributed by atoms with Crippen LogP contribution in [0.15, 0.2) is 28.2 Å². The molecule has 3 amide bonds. The third-order valence-corrected chi connectivity index (χ3v) is 4.76. The number of nitrogens with zero attached hydrogens (tertiary/aromatic N) is 2. The summed E-state index contributed by atoms with van der Waals surface area (Å²) >= 11 is 7.10. The van der Waals surface area contributed by atoms with Crippen LogP contribution in [0.3, 0.4) is 0 Å². The molecule has 1 atom stereocenters. The van der Waals surface area contributed by atoms with E-state index in [9.17, 15) is 14.4 Å². The largest absolute Gasteiger partial charge is 0.341 e. The van der Waals surface area contributed by atoms with Crippen molar-refractivity contribution in [2.75, 3.05) is 7.05 Å². The molecule has 2 rings (SSSR count). The van der Waals surface area contributed by atoms with Gasteiger partial charge < -0.3 is 5.32 Å². The monoisotopic (exact) mass is 382 g/mol. The molecule has 0 saturated carbocycles. The van der Waals surface area contributed by atoms with Crippen LogP contribution in [0.25, 0.3) is 10.9 Å². The number of fused-ring (bicyclic) bond motifs is 1. The summed E-state index contributed by atoms with van der Waals surface area (Å²) in [7, 11) is 1.42. The SMILES string of the molecule is CNC(=O)NC(=O)[C@H](C)Sc1nc2cc(Cl)ccc2c(=O)n1C(C)C.